The molecule has 0 spiro atoms. The van der Waals surface area contributed by atoms with Crippen molar-refractivity contribution in [1.29, 1.82) is 5.26 Å². The summed E-state index contributed by atoms with van der Waals surface area (Å²) in [4.78, 5) is -0.148. The molecule has 0 saturated carbocycles. The lowest BCUT2D eigenvalue weighted by atomic mass is 10.2. The normalized spacial score (nSPS) is 12.9. The molecule has 1 N–H and O–H groups in total. The monoisotopic (exact) mass is 306 g/mol. The summed E-state index contributed by atoms with van der Waals surface area (Å²) in [5, 5.41) is 8.76. The third kappa shape index (κ3) is 4.07. The van der Waals surface area contributed by atoms with Crippen LogP contribution in [0.1, 0.15) is 5.56 Å². The summed E-state index contributed by atoms with van der Waals surface area (Å²) in [6, 6.07) is 5.83. The molecule has 0 amide bonds. The van der Waals surface area contributed by atoms with Gasteiger partial charge in [0.25, 0.3) is 0 Å². The van der Waals surface area contributed by atoms with Gasteiger partial charge >= 0.3 is 0 Å². The van der Waals surface area contributed by atoms with E-state index in [-0.39, 0.29) is 27.8 Å². The van der Waals surface area contributed by atoms with Crippen molar-refractivity contribution in [3.05, 3.63) is 28.8 Å². The first kappa shape index (κ1) is 15.1. The van der Waals surface area contributed by atoms with Crippen molar-refractivity contribution < 1.29 is 12.6 Å². The van der Waals surface area contributed by atoms with Gasteiger partial charge in [0.2, 0.25) is 10.0 Å². The van der Waals surface area contributed by atoms with E-state index in [4.69, 9.17) is 16.9 Å². The molecule has 0 saturated heterocycles. The van der Waals surface area contributed by atoms with Crippen LogP contribution in [-0.4, -0.2) is 31.2 Å². The molecular formula is C10H11ClN2O3S2. The SMILES string of the molecule is CS(=O)CCNS(=O)(=O)c1cc(C#N)ccc1Cl. The Hall–Kier alpha value is -0.940. The number of rotatable bonds is 5. The maximum atomic E-state index is 11.9. The van der Waals surface area contributed by atoms with E-state index in [1.54, 1.807) is 0 Å². The average Bonchev–Trinajstić information content (AvgIpc) is 2.28. The van der Waals surface area contributed by atoms with Crippen molar-refractivity contribution in [1.82, 2.24) is 4.72 Å². The molecule has 0 aliphatic rings. The Morgan fingerprint density at radius 3 is 2.72 bits per heavy atom. The van der Waals surface area contributed by atoms with E-state index in [1.165, 1.54) is 24.5 Å². The van der Waals surface area contributed by atoms with Crippen LogP contribution in [-0.2, 0) is 20.8 Å². The fourth-order valence-electron chi connectivity index (χ4n) is 1.18. The highest BCUT2D eigenvalue weighted by molar-refractivity contribution is 7.89. The quantitative estimate of drug-likeness (QED) is 0.874. The van der Waals surface area contributed by atoms with Gasteiger partial charge in [-0.1, -0.05) is 11.6 Å². The zero-order valence-electron chi connectivity index (χ0n) is 9.51. The van der Waals surface area contributed by atoms with Crippen molar-refractivity contribution in [2.75, 3.05) is 18.6 Å². The van der Waals surface area contributed by atoms with Crippen LogP contribution in [0.5, 0.6) is 0 Å². The van der Waals surface area contributed by atoms with E-state index < -0.39 is 20.8 Å². The summed E-state index contributed by atoms with van der Waals surface area (Å²) in [7, 11) is -4.87. The van der Waals surface area contributed by atoms with Gasteiger partial charge in [0.15, 0.2) is 0 Å². The van der Waals surface area contributed by atoms with Crippen molar-refractivity contribution >= 4 is 32.4 Å². The second-order valence-corrected chi connectivity index (χ2v) is 7.13. The number of nitrogens with one attached hydrogen (secondary N) is 1. The van der Waals surface area contributed by atoms with Crippen LogP contribution in [0.2, 0.25) is 5.02 Å². The van der Waals surface area contributed by atoms with Crippen molar-refractivity contribution in [3.8, 4) is 6.07 Å². The average molecular weight is 307 g/mol. The number of nitrogens with zero attached hydrogens (tertiary/aromatic N) is 1. The molecule has 1 aromatic rings. The van der Waals surface area contributed by atoms with Gasteiger partial charge in [-0.3, -0.25) is 4.21 Å². The summed E-state index contributed by atoms with van der Waals surface area (Å²) < 4.78 is 36.9. The first-order chi connectivity index (χ1) is 8.36. The number of hydrogen-bond acceptors (Lipinski definition) is 4. The maximum Gasteiger partial charge on any atom is 0.242 e. The Kier molecular flexibility index (Phi) is 5.28. The smallest absolute Gasteiger partial charge is 0.242 e. The van der Waals surface area contributed by atoms with Crippen LogP contribution in [0.15, 0.2) is 23.1 Å². The van der Waals surface area contributed by atoms with Gasteiger partial charge in [-0.15, -0.1) is 0 Å². The molecule has 1 atom stereocenters. The number of benzene rings is 1. The van der Waals surface area contributed by atoms with Crippen molar-refractivity contribution in [3.63, 3.8) is 0 Å². The van der Waals surface area contributed by atoms with E-state index in [9.17, 15) is 12.6 Å². The Balaban J connectivity index is 2.98. The summed E-state index contributed by atoms with van der Waals surface area (Å²) in [5.74, 6) is 0.217. The molecular weight excluding hydrogens is 296 g/mol. The fourth-order valence-corrected chi connectivity index (χ4v) is 3.25. The minimum absolute atomic E-state index is 0.0409. The summed E-state index contributed by atoms with van der Waals surface area (Å²) in [5.41, 5.74) is 0.207. The highest BCUT2D eigenvalue weighted by atomic mass is 35.5. The van der Waals surface area contributed by atoms with E-state index in [0.717, 1.165) is 0 Å². The standard InChI is InChI=1S/C10H11ClN2O3S2/c1-17(14)5-4-13-18(15,16)10-6-8(7-12)2-3-9(10)11/h2-3,6,13H,4-5H2,1H3. The molecule has 1 rings (SSSR count). The van der Waals surface area contributed by atoms with E-state index in [2.05, 4.69) is 4.72 Å². The van der Waals surface area contributed by atoms with E-state index in [0.29, 0.717) is 0 Å². The topological polar surface area (TPSA) is 87.0 Å². The van der Waals surface area contributed by atoms with Gasteiger partial charge in [-0.25, -0.2) is 13.1 Å². The van der Waals surface area contributed by atoms with Crippen LogP contribution in [0.4, 0.5) is 0 Å². The molecule has 0 heterocycles. The predicted octanol–water partition coefficient (Wildman–Crippen LogP) is 0.868. The second-order valence-electron chi connectivity index (χ2n) is 3.43. The Bertz CT molecular complexity index is 608. The molecule has 0 aliphatic carbocycles. The van der Waals surface area contributed by atoms with Crippen LogP contribution in [0.25, 0.3) is 0 Å². The third-order valence-electron chi connectivity index (χ3n) is 2.03. The van der Waals surface area contributed by atoms with Crippen molar-refractivity contribution in [2.24, 2.45) is 0 Å². The lowest BCUT2D eigenvalue weighted by Gasteiger charge is -2.07. The van der Waals surface area contributed by atoms with Crippen LogP contribution >= 0.6 is 11.6 Å². The molecule has 0 radical (unpaired) electrons. The maximum absolute atomic E-state index is 11.9. The minimum Gasteiger partial charge on any atom is -0.260 e. The molecule has 98 valence electrons. The van der Waals surface area contributed by atoms with Crippen LogP contribution in [0.3, 0.4) is 0 Å². The van der Waals surface area contributed by atoms with Gasteiger partial charge < -0.3 is 0 Å². The first-order valence-corrected chi connectivity index (χ1v) is 8.45. The van der Waals surface area contributed by atoms with E-state index in [1.807, 2.05) is 6.07 Å². The Labute approximate surface area is 113 Å². The minimum atomic E-state index is -3.79. The predicted molar refractivity (Wildman–Crippen MR) is 70.3 cm³/mol. The molecule has 8 heteroatoms. The van der Waals surface area contributed by atoms with E-state index >= 15 is 0 Å². The van der Waals surface area contributed by atoms with Gasteiger partial charge in [-0.05, 0) is 18.2 Å². The lowest BCUT2D eigenvalue weighted by molar-refractivity contribution is 0.584. The molecule has 0 aromatic heterocycles. The van der Waals surface area contributed by atoms with Gasteiger partial charge in [0.05, 0.1) is 16.7 Å². The molecule has 0 aliphatic heterocycles. The highest BCUT2D eigenvalue weighted by Gasteiger charge is 2.18. The molecule has 0 fully saturated rings. The van der Waals surface area contributed by atoms with Gasteiger partial charge in [-0.2, -0.15) is 5.26 Å². The Morgan fingerprint density at radius 1 is 1.50 bits per heavy atom. The number of hydrogen-bond donors (Lipinski definition) is 1. The van der Waals surface area contributed by atoms with Gasteiger partial charge in [0.1, 0.15) is 4.90 Å². The van der Waals surface area contributed by atoms with Crippen LogP contribution in [0, 0.1) is 11.3 Å². The fraction of sp³-hybridized carbons (Fsp3) is 0.300. The largest absolute Gasteiger partial charge is 0.260 e. The molecule has 1 aromatic carbocycles. The number of halogens is 1. The highest BCUT2D eigenvalue weighted by Crippen LogP contribution is 2.22. The molecule has 5 nitrogen and oxygen atoms in total. The zero-order valence-corrected chi connectivity index (χ0v) is 11.9. The zero-order chi connectivity index (χ0) is 13.8. The molecule has 1 unspecified atom stereocenters. The number of sulfonamides is 1. The molecule has 0 bridgehead atoms. The Morgan fingerprint density at radius 2 is 2.17 bits per heavy atom. The molecule has 18 heavy (non-hydrogen) atoms. The summed E-state index contributed by atoms with van der Waals surface area (Å²) in [6.07, 6.45) is 1.48. The van der Waals surface area contributed by atoms with Crippen LogP contribution < -0.4 is 4.72 Å². The lowest BCUT2D eigenvalue weighted by Crippen LogP contribution is -2.28. The second kappa shape index (κ2) is 6.29. The van der Waals surface area contributed by atoms with Gasteiger partial charge in [0, 0.05) is 29.4 Å². The first-order valence-electron chi connectivity index (χ1n) is 4.86. The summed E-state index contributed by atoms with van der Waals surface area (Å²) >= 11 is 5.79. The number of nitriles is 1. The summed E-state index contributed by atoms with van der Waals surface area (Å²) in [6.45, 7) is 0.0541. The third-order valence-corrected chi connectivity index (χ3v) is 4.75. The van der Waals surface area contributed by atoms with Crippen molar-refractivity contribution in [2.45, 2.75) is 4.90 Å².